The maximum Gasteiger partial charge on any atom is 0.264 e. The lowest BCUT2D eigenvalue weighted by molar-refractivity contribution is -0.115. The number of carbonyl (C=O) groups excluding carboxylic acids is 1. The van der Waals surface area contributed by atoms with Crippen molar-refractivity contribution in [2.75, 3.05) is 0 Å². The van der Waals surface area contributed by atoms with Gasteiger partial charge in [-0.25, -0.2) is 9.38 Å². The zero-order chi connectivity index (χ0) is 26.8. The summed E-state index contributed by atoms with van der Waals surface area (Å²) in [4.78, 5) is 17.5. The van der Waals surface area contributed by atoms with Crippen LogP contribution in [0.2, 0.25) is 10.0 Å². The van der Waals surface area contributed by atoms with E-state index < -0.39 is 0 Å². The van der Waals surface area contributed by atoms with Crippen molar-refractivity contribution in [2.45, 2.75) is 20.5 Å². The first kappa shape index (κ1) is 26.1. The fourth-order valence-corrected chi connectivity index (χ4v) is 5.37. The number of rotatable bonds is 6. The highest BCUT2D eigenvalue weighted by atomic mass is 35.5. The molecule has 0 atom stereocenters. The van der Waals surface area contributed by atoms with Crippen molar-refractivity contribution in [3.8, 4) is 11.4 Å². The predicted molar refractivity (Wildman–Crippen MR) is 153 cm³/mol. The Labute approximate surface area is 233 Å². The zero-order valence-corrected chi connectivity index (χ0v) is 22.8. The van der Waals surface area contributed by atoms with Gasteiger partial charge in [0.05, 0.1) is 10.6 Å². The zero-order valence-electron chi connectivity index (χ0n) is 20.5. The lowest BCUT2D eigenvalue weighted by atomic mass is 10.2. The molecule has 1 fully saturated rings. The minimum absolute atomic E-state index is 0.219. The molecular formula is C29H22Cl2FN3O2S. The third-order valence-corrected chi connectivity index (χ3v) is 7.47. The van der Waals surface area contributed by atoms with Crippen LogP contribution in [0.15, 0.2) is 82.7 Å². The lowest BCUT2D eigenvalue weighted by Gasteiger charge is -2.12. The Morgan fingerprint density at radius 1 is 1.03 bits per heavy atom. The van der Waals surface area contributed by atoms with Crippen molar-refractivity contribution in [1.82, 2.24) is 9.88 Å². The number of benzene rings is 3. The Kier molecular flexibility index (Phi) is 7.61. The summed E-state index contributed by atoms with van der Waals surface area (Å²) in [5.41, 5.74) is 5.35. The SMILES string of the molecule is Cc1cc(C=C2SC(=Nc3ccc(F)cc3)NC2=O)c(C)n1-c1ccc(OCc2ccc(Cl)cc2Cl)cc1. The summed E-state index contributed by atoms with van der Waals surface area (Å²) in [6.45, 7) is 4.36. The van der Waals surface area contributed by atoms with Gasteiger partial charge in [0.2, 0.25) is 0 Å². The summed E-state index contributed by atoms with van der Waals surface area (Å²) in [6.07, 6.45) is 1.86. The first-order chi connectivity index (χ1) is 18.3. The number of halogens is 3. The molecule has 3 aromatic carbocycles. The number of carbonyl (C=O) groups is 1. The van der Waals surface area contributed by atoms with Crippen molar-refractivity contribution < 1.29 is 13.9 Å². The first-order valence-corrected chi connectivity index (χ1v) is 13.3. The van der Waals surface area contributed by atoms with E-state index in [4.69, 9.17) is 27.9 Å². The third kappa shape index (κ3) is 5.80. The summed E-state index contributed by atoms with van der Waals surface area (Å²) >= 11 is 13.5. The Morgan fingerprint density at radius 3 is 2.47 bits per heavy atom. The van der Waals surface area contributed by atoms with Gasteiger partial charge in [-0.3, -0.25) is 4.79 Å². The van der Waals surface area contributed by atoms with E-state index >= 15 is 0 Å². The first-order valence-electron chi connectivity index (χ1n) is 11.7. The van der Waals surface area contributed by atoms with E-state index in [0.717, 1.165) is 34.0 Å². The molecule has 1 aliphatic rings. The van der Waals surface area contributed by atoms with Crippen LogP contribution in [0.1, 0.15) is 22.5 Å². The maximum atomic E-state index is 13.2. The van der Waals surface area contributed by atoms with E-state index in [1.165, 1.54) is 23.9 Å². The smallest absolute Gasteiger partial charge is 0.264 e. The molecule has 0 aliphatic carbocycles. The molecular weight excluding hydrogens is 544 g/mol. The quantitative estimate of drug-likeness (QED) is 0.241. The molecule has 0 bridgehead atoms. The van der Waals surface area contributed by atoms with E-state index in [-0.39, 0.29) is 11.7 Å². The summed E-state index contributed by atoms with van der Waals surface area (Å²) in [7, 11) is 0. The molecule has 1 saturated heterocycles. The van der Waals surface area contributed by atoms with Crippen LogP contribution in [0.4, 0.5) is 10.1 Å². The summed E-state index contributed by atoms with van der Waals surface area (Å²) in [6, 6.07) is 21.0. The molecule has 1 N–H and O–H groups in total. The monoisotopic (exact) mass is 565 g/mol. The highest BCUT2D eigenvalue weighted by Crippen LogP contribution is 2.31. The molecule has 1 amide bonds. The van der Waals surface area contributed by atoms with Gasteiger partial charge in [0.1, 0.15) is 18.2 Å². The van der Waals surface area contributed by atoms with Gasteiger partial charge in [0.15, 0.2) is 5.17 Å². The van der Waals surface area contributed by atoms with Crippen LogP contribution < -0.4 is 10.1 Å². The number of nitrogens with one attached hydrogen (secondary N) is 1. The fourth-order valence-electron chi connectivity index (χ4n) is 4.08. The van der Waals surface area contributed by atoms with Crippen LogP contribution >= 0.6 is 35.0 Å². The van der Waals surface area contributed by atoms with Crippen LogP contribution in [0.5, 0.6) is 5.75 Å². The molecule has 9 heteroatoms. The second-order valence-corrected chi connectivity index (χ2v) is 10.5. The van der Waals surface area contributed by atoms with Crippen molar-refractivity contribution in [1.29, 1.82) is 0 Å². The van der Waals surface area contributed by atoms with E-state index in [2.05, 4.69) is 14.9 Å². The van der Waals surface area contributed by atoms with Gasteiger partial charge in [-0.15, -0.1) is 0 Å². The molecule has 1 aliphatic heterocycles. The van der Waals surface area contributed by atoms with Crippen molar-refractivity contribution >= 4 is 57.8 Å². The number of nitrogens with zero attached hydrogens (tertiary/aromatic N) is 2. The van der Waals surface area contributed by atoms with E-state index in [0.29, 0.717) is 32.4 Å². The molecule has 0 radical (unpaired) electrons. The standard InChI is InChI=1S/C29H22Cl2FN3O2S/c1-17-13-20(14-27-28(36)34-29(38-27)33-23-7-5-22(32)6-8-23)18(2)35(17)24-9-11-25(12-10-24)37-16-19-3-4-21(30)15-26(19)31/h3-15H,16H2,1-2H3,(H,33,34,36). The minimum Gasteiger partial charge on any atom is -0.489 e. The van der Waals surface area contributed by atoms with Crippen LogP contribution in [0.3, 0.4) is 0 Å². The average Bonchev–Trinajstić information content (AvgIpc) is 3.37. The van der Waals surface area contributed by atoms with Crippen molar-refractivity contribution in [3.63, 3.8) is 0 Å². The van der Waals surface area contributed by atoms with Gasteiger partial charge in [0, 0.05) is 32.7 Å². The van der Waals surface area contributed by atoms with Crippen LogP contribution in [0, 0.1) is 19.7 Å². The Hall–Kier alpha value is -3.52. The minimum atomic E-state index is -0.335. The summed E-state index contributed by atoms with van der Waals surface area (Å²) in [5, 5.41) is 4.38. The van der Waals surface area contributed by atoms with Gasteiger partial charge >= 0.3 is 0 Å². The number of amides is 1. The van der Waals surface area contributed by atoms with Gasteiger partial charge in [-0.1, -0.05) is 29.3 Å². The number of ether oxygens (including phenoxy) is 1. The summed E-state index contributed by atoms with van der Waals surface area (Å²) < 4.78 is 21.2. The van der Waals surface area contributed by atoms with Crippen molar-refractivity contribution in [3.05, 3.63) is 116 Å². The Balaban J connectivity index is 1.31. The van der Waals surface area contributed by atoms with Gasteiger partial charge in [-0.2, -0.15) is 0 Å². The normalized spacial score (nSPS) is 15.3. The van der Waals surface area contributed by atoms with Gasteiger partial charge < -0.3 is 14.6 Å². The number of aliphatic imine (C=N–C) groups is 1. The van der Waals surface area contributed by atoms with Gasteiger partial charge in [-0.05, 0) is 104 Å². The number of hydrogen-bond donors (Lipinski definition) is 1. The molecule has 1 aromatic heterocycles. The second kappa shape index (κ2) is 11.1. The highest BCUT2D eigenvalue weighted by Gasteiger charge is 2.24. The third-order valence-electron chi connectivity index (χ3n) is 5.97. The molecule has 4 aromatic rings. The molecule has 2 heterocycles. The van der Waals surface area contributed by atoms with Crippen molar-refractivity contribution in [2.24, 2.45) is 4.99 Å². The molecule has 0 saturated carbocycles. The number of aromatic nitrogens is 1. The van der Waals surface area contributed by atoms with Crippen LogP contribution in [0.25, 0.3) is 11.8 Å². The Bertz CT molecular complexity index is 1580. The molecule has 5 nitrogen and oxygen atoms in total. The number of thioether (sulfide) groups is 1. The molecule has 0 unspecified atom stereocenters. The second-order valence-electron chi connectivity index (χ2n) is 8.64. The maximum absolute atomic E-state index is 13.2. The number of amidine groups is 1. The van der Waals surface area contributed by atoms with E-state index in [1.807, 2.05) is 56.3 Å². The Morgan fingerprint density at radius 2 is 1.76 bits per heavy atom. The molecule has 192 valence electrons. The average molecular weight is 566 g/mol. The summed E-state index contributed by atoms with van der Waals surface area (Å²) in [5.74, 6) is 0.164. The largest absolute Gasteiger partial charge is 0.489 e. The number of hydrogen-bond acceptors (Lipinski definition) is 4. The van der Waals surface area contributed by atoms with Crippen LogP contribution in [-0.2, 0) is 11.4 Å². The molecule has 0 spiro atoms. The van der Waals surface area contributed by atoms with E-state index in [1.54, 1.807) is 24.3 Å². The predicted octanol–water partition coefficient (Wildman–Crippen LogP) is 8.01. The number of aryl methyl sites for hydroxylation is 1. The molecule has 38 heavy (non-hydrogen) atoms. The van der Waals surface area contributed by atoms with Crippen LogP contribution in [-0.4, -0.2) is 15.6 Å². The van der Waals surface area contributed by atoms with E-state index in [9.17, 15) is 9.18 Å². The molecule has 5 rings (SSSR count). The lowest BCUT2D eigenvalue weighted by Crippen LogP contribution is -2.19. The fraction of sp³-hybridized carbons (Fsp3) is 0.103. The highest BCUT2D eigenvalue weighted by molar-refractivity contribution is 8.18. The topological polar surface area (TPSA) is 55.6 Å². The van der Waals surface area contributed by atoms with Gasteiger partial charge in [0.25, 0.3) is 5.91 Å².